The maximum atomic E-state index is 14.3. The average molecular weight is 638 g/mol. The van der Waals surface area contributed by atoms with Crippen LogP contribution in [-0.2, 0) is 26.2 Å². The van der Waals surface area contributed by atoms with Crippen LogP contribution < -0.4 is 19.1 Å². The van der Waals surface area contributed by atoms with Gasteiger partial charge in [0.1, 0.15) is 31.6 Å². The van der Waals surface area contributed by atoms with E-state index in [4.69, 9.17) is 9.47 Å². The summed E-state index contributed by atoms with van der Waals surface area (Å²) in [4.78, 5) is 29.3. The van der Waals surface area contributed by atoms with Gasteiger partial charge in [-0.05, 0) is 68.1 Å². The molecule has 3 aromatic carbocycles. The van der Waals surface area contributed by atoms with Gasteiger partial charge in [-0.1, -0.05) is 56.0 Å². The van der Waals surface area contributed by atoms with Crippen molar-refractivity contribution in [1.82, 2.24) is 10.2 Å². The Bertz CT molecular complexity index is 1610. The van der Waals surface area contributed by atoms with Gasteiger partial charge < -0.3 is 19.7 Å². The first-order valence-corrected chi connectivity index (χ1v) is 16.9. The molecule has 1 saturated carbocycles. The summed E-state index contributed by atoms with van der Waals surface area (Å²) < 4.78 is 54.4. The van der Waals surface area contributed by atoms with Gasteiger partial charge in [-0.2, -0.15) is 0 Å². The summed E-state index contributed by atoms with van der Waals surface area (Å²) in [6.07, 6.45) is 5.33. The summed E-state index contributed by atoms with van der Waals surface area (Å²) in [5.41, 5.74) is 1.92. The number of benzene rings is 3. The highest BCUT2D eigenvalue weighted by Crippen LogP contribution is 2.34. The van der Waals surface area contributed by atoms with Crippen molar-refractivity contribution in [2.24, 2.45) is 0 Å². The van der Waals surface area contributed by atoms with Crippen LogP contribution in [0.25, 0.3) is 0 Å². The van der Waals surface area contributed by atoms with E-state index < -0.39 is 34.3 Å². The first-order chi connectivity index (χ1) is 21.7. The number of hydrogen-bond acceptors (Lipinski definition) is 6. The third-order valence-electron chi connectivity index (χ3n) is 8.27. The zero-order chi connectivity index (χ0) is 32.0. The van der Waals surface area contributed by atoms with Crippen molar-refractivity contribution >= 4 is 27.5 Å². The first-order valence-electron chi connectivity index (χ1n) is 15.5. The standard InChI is InChI=1S/C34H40FN3O6S/c1-3-30(34(40)36-27-10-5-4-6-11-27)37(22-25-9-7-8-24(2)20-25)33(39)23-38(28-14-12-26(35)13-15-28)45(41,42)29-16-17-31-32(21-29)44-19-18-43-31/h7-9,12-17,20-21,27,30H,3-6,10-11,18-19,22-23H2,1-2H3,(H,36,40). The lowest BCUT2D eigenvalue weighted by Crippen LogP contribution is -2.54. The van der Waals surface area contributed by atoms with Crippen molar-refractivity contribution in [3.8, 4) is 11.5 Å². The van der Waals surface area contributed by atoms with Crippen LogP contribution in [0.2, 0.25) is 0 Å². The number of hydrogen-bond donors (Lipinski definition) is 1. The summed E-state index contributed by atoms with van der Waals surface area (Å²) in [6, 6.07) is 16.0. The lowest BCUT2D eigenvalue weighted by Gasteiger charge is -2.34. The van der Waals surface area contributed by atoms with Gasteiger partial charge in [-0.15, -0.1) is 0 Å². The molecule has 1 fully saturated rings. The Morgan fingerprint density at radius 2 is 1.67 bits per heavy atom. The van der Waals surface area contributed by atoms with Gasteiger partial charge in [0.05, 0.1) is 10.6 Å². The number of carbonyl (C=O) groups excluding carboxylic acids is 2. The zero-order valence-electron chi connectivity index (χ0n) is 25.7. The zero-order valence-corrected chi connectivity index (χ0v) is 26.5. The molecule has 2 amide bonds. The number of nitrogens with zero attached hydrogens (tertiary/aromatic N) is 2. The summed E-state index contributed by atoms with van der Waals surface area (Å²) in [7, 11) is -4.36. The predicted molar refractivity (Wildman–Crippen MR) is 169 cm³/mol. The van der Waals surface area contributed by atoms with Gasteiger partial charge in [0.2, 0.25) is 11.8 Å². The highest BCUT2D eigenvalue weighted by Gasteiger charge is 2.35. The van der Waals surface area contributed by atoms with E-state index in [-0.39, 0.29) is 41.4 Å². The number of carbonyl (C=O) groups is 2. The molecule has 3 aromatic rings. The van der Waals surface area contributed by atoms with Crippen molar-refractivity contribution in [2.75, 3.05) is 24.1 Å². The molecule has 0 bridgehead atoms. The fourth-order valence-corrected chi connectivity index (χ4v) is 7.35. The van der Waals surface area contributed by atoms with E-state index in [0.29, 0.717) is 18.8 Å². The van der Waals surface area contributed by atoms with Gasteiger partial charge in [-0.3, -0.25) is 13.9 Å². The molecule has 1 heterocycles. The smallest absolute Gasteiger partial charge is 0.264 e. The van der Waals surface area contributed by atoms with Gasteiger partial charge in [-0.25, -0.2) is 12.8 Å². The normalized spacial score (nSPS) is 15.6. The molecule has 0 spiro atoms. The molecule has 0 saturated heterocycles. The van der Waals surface area contributed by atoms with Crippen molar-refractivity contribution in [2.45, 2.75) is 75.9 Å². The average Bonchev–Trinajstić information content (AvgIpc) is 3.04. The Morgan fingerprint density at radius 3 is 2.36 bits per heavy atom. The SMILES string of the molecule is CCC(C(=O)NC1CCCCC1)N(Cc1cccc(C)c1)C(=O)CN(c1ccc(F)cc1)S(=O)(=O)c1ccc2c(c1)OCCO2. The Hall–Kier alpha value is -4.12. The molecule has 1 aliphatic heterocycles. The third-order valence-corrected chi connectivity index (χ3v) is 10.0. The van der Waals surface area contributed by atoms with Crippen LogP contribution in [-0.4, -0.2) is 57.0 Å². The number of sulfonamides is 1. The number of ether oxygens (including phenoxy) is 2. The molecule has 9 nitrogen and oxygen atoms in total. The third kappa shape index (κ3) is 7.76. The van der Waals surface area contributed by atoms with Crippen molar-refractivity contribution < 1.29 is 31.9 Å². The second kappa shape index (κ2) is 14.3. The number of rotatable bonds is 11. The second-order valence-electron chi connectivity index (χ2n) is 11.6. The number of aryl methyl sites for hydroxylation is 1. The second-order valence-corrected chi connectivity index (χ2v) is 13.4. The van der Waals surface area contributed by atoms with E-state index in [0.717, 1.165) is 59.7 Å². The minimum Gasteiger partial charge on any atom is -0.486 e. The van der Waals surface area contributed by atoms with Crippen LogP contribution in [0.3, 0.4) is 0 Å². The predicted octanol–water partition coefficient (Wildman–Crippen LogP) is 5.36. The van der Waals surface area contributed by atoms with E-state index in [9.17, 15) is 22.4 Å². The molecular formula is C34H40FN3O6S. The van der Waals surface area contributed by atoms with Crippen LogP contribution in [0, 0.1) is 12.7 Å². The summed E-state index contributed by atoms with van der Waals surface area (Å²) >= 11 is 0. The molecule has 1 atom stereocenters. The molecular weight excluding hydrogens is 597 g/mol. The molecule has 11 heteroatoms. The van der Waals surface area contributed by atoms with Crippen LogP contribution in [0.1, 0.15) is 56.6 Å². The quantitative estimate of drug-likeness (QED) is 0.304. The summed E-state index contributed by atoms with van der Waals surface area (Å²) in [5, 5.41) is 3.15. The van der Waals surface area contributed by atoms with Crippen LogP contribution in [0.5, 0.6) is 11.5 Å². The van der Waals surface area contributed by atoms with Crippen molar-refractivity contribution in [3.05, 3.63) is 83.7 Å². The maximum absolute atomic E-state index is 14.3. The molecule has 1 N–H and O–H groups in total. The molecule has 2 aliphatic rings. The molecule has 5 rings (SSSR count). The Balaban J connectivity index is 1.50. The van der Waals surface area contributed by atoms with Gasteiger partial charge in [0, 0.05) is 18.7 Å². The molecule has 45 heavy (non-hydrogen) atoms. The fraction of sp³-hybridized carbons (Fsp3) is 0.412. The Labute approximate surface area is 264 Å². The molecule has 1 unspecified atom stereocenters. The van der Waals surface area contributed by atoms with Crippen molar-refractivity contribution in [1.29, 1.82) is 0 Å². The van der Waals surface area contributed by atoms with E-state index in [1.54, 1.807) is 0 Å². The lowest BCUT2D eigenvalue weighted by molar-refractivity contribution is -0.140. The number of halogens is 1. The fourth-order valence-electron chi connectivity index (χ4n) is 5.92. The number of anilines is 1. The number of fused-ring (bicyclic) bond motifs is 1. The van der Waals surface area contributed by atoms with Gasteiger partial charge in [0.15, 0.2) is 11.5 Å². The van der Waals surface area contributed by atoms with E-state index in [2.05, 4.69) is 5.32 Å². The van der Waals surface area contributed by atoms with Gasteiger partial charge >= 0.3 is 0 Å². The van der Waals surface area contributed by atoms with E-state index >= 15 is 0 Å². The number of amides is 2. The molecule has 0 radical (unpaired) electrons. The highest BCUT2D eigenvalue weighted by molar-refractivity contribution is 7.92. The van der Waals surface area contributed by atoms with E-state index in [1.165, 1.54) is 35.2 Å². The molecule has 1 aliphatic carbocycles. The minimum atomic E-state index is -4.36. The minimum absolute atomic E-state index is 0.0440. The maximum Gasteiger partial charge on any atom is 0.264 e. The largest absolute Gasteiger partial charge is 0.486 e. The highest BCUT2D eigenvalue weighted by atomic mass is 32.2. The Morgan fingerprint density at radius 1 is 0.956 bits per heavy atom. The van der Waals surface area contributed by atoms with Crippen LogP contribution in [0.4, 0.5) is 10.1 Å². The summed E-state index contributed by atoms with van der Waals surface area (Å²) in [6.45, 7) is 3.90. The van der Waals surface area contributed by atoms with Crippen LogP contribution >= 0.6 is 0 Å². The number of nitrogens with one attached hydrogen (secondary N) is 1. The molecule has 0 aromatic heterocycles. The monoisotopic (exact) mass is 637 g/mol. The lowest BCUT2D eigenvalue weighted by atomic mass is 9.95. The van der Waals surface area contributed by atoms with Gasteiger partial charge in [0.25, 0.3) is 10.0 Å². The van der Waals surface area contributed by atoms with Crippen molar-refractivity contribution in [3.63, 3.8) is 0 Å². The Kier molecular flexibility index (Phi) is 10.3. The van der Waals surface area contributed by atoms with E-state index in [1.807, 2.05) is 38.1 Å². The molecule has 240 valence electrons. The topological polar surface area (TPSA) is 105 Å². The first kappa shape index (κ1) is 32.3. The van der Waals surface area contributed by atoms with Crippen LogP contribution in [0.15, 0.2) is 71.6 Å². The summed E-state index contributed by atoms with van der Waals surface area (Å²) in [5.74, 6) is -0.669.